The third-order valence-electron chi connectivity index (χ3n) is 5.71. The molecule has 1 fully saturated rings. The van der Waals surface area contributed by atoms with Gasteiger partial charge in [-0.2, -0.15) is 10.4 Å². The van der Waals surface area contributed by atoms with Gasteiger partial charge in [-0.1, -0.05) is 11.6 Å². The molecule has 0 saturated carbocycles. The van der Waals surface area contributed by atoms with Gasteiger partial charge in [0.25, 0.3) is 0 Å². The van der Waals surface area contributed by atoms with Gasteiger partial charge in [0.15, 0.2) is 5.66 Å². The maximum Gasteiger partial charge on any atom is 0.245 e. The highest BCUT2D eigenvalue weighted by Gasteiger charge is 2.47. The highest BCUT2D eigenvalue weighted by molar-refractivity contribution is 6.29. The van der Waals surface area contributed by atoms with E-state index >= 15 is 0 Å². The Kier molecular flexibility index (Phi) is 4.73. The lowest BCUT2D eigenvalue weighted by atomic mass is 9.96. The summed E-state index contributed by atoms with van der Waals surface area (Å²) in [5.74, 6) is 1.93. The number of furan rings is 1. The number of nitrogens with two attached hydrogens (primary N) is 2. The first kappa shape index (κ1) is 19.1. The van der Waals surface area contributed by atoms with Crippen molar-refractivity contribution < 1.29 is 4.42 Å². The van der Waals surface area contributed by atoms with Crippen molar-refractivity contribution in [1.29, 1.82) is 0 Å². The molecule has 0 radical (unpaired) electrons. The predicted octanol–water partition coefficient (Wildman–Crippen LogP) is 1.88. The van der Waals surface area contributed by atoms with E-state index in [2.05, 4.69) is 20.3 Å². The number of guanidine groups is 1. The summed E-state index contributed by atoms with van der Waals surface area (Å²) in [4.78, 5) is 15.8. The minimum atomic E-state index is -0.811. The standard InChI is InChI=1S/C20H23ClN8O/c21-16-9-13(5-6-24-16)12-28-7-1-3-14(28)11-20(15-4-2-8-30-15)26-19-25-17(22)10-18(23)29(19)27-20/h2,4-6,8-10,14,27H,1,3,7,11-12,23H2,(H2,22,25,26). The second kappa shape index (κ2) is 7.42. The Bertz CT molecular complexity index is 1030. The van der Waals surface area contributed by atoms with Crippen LogP contribution in [0.25, 0.3) is 0 Å². The van der Waals surface area contributed by atoms with E-state index in [1.165, 1.54) is 0 Å². The number of hydrogen-bond donors (Lipinski definition) is 3. The van der Waals surface area contributed by atoms with Crippen molar-refractivity contribution in [2.24, 2.45) is 21.5 Å². The maximum absolute atomic E-state index is 6.16. The van der Waals surface area contributed by atoms with Crippen LogP contribution < -0.4 is 16.9 Å². The Morgan fingerprint density at radius 2 is 2.23 bits per heavy atom. The number of hydrazine groups is 1. The molecule has 3 aliphatic rings. The number of likely N-dealkylation sites (tertiary alicyclic amines) is 1. The number of rotatable bonds is 5. The van der Waals surface area contributed by atoms with E-state index < -0.39 is 5.66 Å². The molecule has 2 aromatic rings. The van der Waals surface area contributed by atoms with Gasteiger partial charge in [0.05, 0.1) is 6.26 Å². The maximum atomic E-state index is 6.16. The number of pyridine rings is 1. The second-order valence-corrected chi connectivity index (χ2v) is 8.15. The molecular weight excluding hydrogens is 404 g/mol. The highest BCUT2D eigenvalue weighted by Crippen LogP contribution is 2.38. The summed E-state index contributed by atoms with van der Waals surface area (Å²) in [6, 6.07) is 7.98. The molecule has 3 aliphatic heterocycles. The second-order valence-electron chi connectivity index (χ2n) is 7.76. The molecule has 5 heterocycles. The first-order valence-corrected chi connectivity index (χ1v) is 10.3. The first-order chi connectivity index (χ1) is 14.5. The van der Waals surface area contributed by atoms with Gasteiger partial charge in [0, 0.05) is 31.3 Å². The molecule has 0 spiro atoms. The topological polar surface area (TPSA) is 121 Å². The van der Waals surface area contributed by atoms with Crippen LogP contribution in [-0.2, 0) is 12.2 Å². The largest absolute Gasteiger partial charge is 0.465 e. The Hall–Kier alpha value is -2.88. The van der Waals surface area contributed by atoms with Gasteiger partial charge >= 0.3 is 0 Å². The molecule has 2 atom stereocenters. The number of nitrogens with one attached hydrogen (secondary N) is 1. The molecule has 10 heteroatoms. The third-order valence-corrected chi connectivity index (χ3v) is 5.91. The molecular formula is C20H23ClN8O. The summed E-state index contributed by atoms with van der Waals surface area (Å²) in [7, 11) is 0. The van der Waals surface area contributed by atoms with Crippen LogP contribution in [0, 0.1) is 0 Å². The molecule has 156 valence electrons. The molecule has 5 N–H and O–H groups in total. The normalized spacial score (nSPS) is 26.4. The minimum absolute atomic E-state index is 0.284. The minimum Gasteiger partial charge on any atom is -0.465 e. The number of amidine groups is 1. The molecule has 9 nitrogen and oxygen atoms in total. The third kappa shape index (κ3) is 3.45. The van der Waals surface area contributed by atoms with Gasteiger partial charge in [0.1, 0.15) is 22.6 Å². The fraction of sp³-hybridized carbons (Fsp3) is 0.350. The number of fused-ring (bicyclic) bond motifs is 1. The Labute approximate surface area is 179 Å². The van der Waals surface area contributed by atoms with Crippen molar-refractivity contribution in [2.75, 3.05) is 6.54 Å². The number of halogens is 1. The smallest absolute Gasteiger partial charge is 0.245 e. The molecule has 0 aliphatic carbocycles. The average molecular weight is 427 g/mol. The van der Waals surface area contributed by atoms with Crippen LogP contribution in [0.1, 0.15) is 30.6 Å². The first-order valence-electron chi connectivity index (χ1n) is 9.90. The van der Waals surface area contributed by atoms with E-state index in [1.54, 1.807) is 23.5 Å². The van der Waals surface area contributed by atoms with E-state index in [4.69, 9.17) is 32.5 Å². The molecule has 1 saturated heterocycles. The lowest BCUT2D eigenvalue weighted by molar-refractivity contribution is 0.138. The lowest BCUT2D eigenvalue weighted by Crippen LogP contribution is -2.51. The predicted molar refractivity (Wildman–Crippen MR) is 114 cm³/mol. The van der Waals surface area contributed by atoms with Crippen LogP contribution in [0.15, 0.2) is 63.0 Å². The van der Waals surface area contributed by atoms with Crippen molar-refractivity contribution in [1.82, 2.24) is 20.3 Å². The summed E-state index contributed by atoms with van der Waals surface area (Å²) in [6.07, 6.45) is 7.88. The van der Waals surface area contributed by atoms with Crippen LogP contribution in [-0.4, -0.2) is 39.3 Å². The average Bonchev–Trinajstić information content (AvgIpc) is 3.43. The zero-order valence-corrected chi connectivity index (χ0v) is 17.1. The van der Waals surface area contributed by atoms with Crippen molar-refractivity contribution in [3.8, 4) is 0 Å². The van der Waals surface area contributed by atoms with Crippen LogP contribution in [0.5, 0.6) is 0 Å². The fourth-order valence-corrected chi connectivity index (χ4v) is 4.56. The van der Waals surface area contributed by atoms with Crippen LogP contribution in [0.2, 0.25) is 5.15 Å². The Morgan fingerprint density at radius 1 is 1.33 bits per heavy atom. The number of aliphatic imine (C=N–C) groups is 2. The number of hydrogen-bond acceptors (Lipinski definition) is 9. The summed E-state index contributed by atoms with van der Waals surface area (Å²) in [6.45, 7) is 1.81. The summed E-state index contributed by atoms with van der Waals surface area (Å²) in [5.41, 5.74) is 15.8. The van der Waals surface area contributed by atoms with Gasteiger partial charge in [-0.25, -0.2) is 15.0 Å². The van der Waals surface area contributed by atoms with E-state index in [-0.39, 0.29) is 6.04 Å². The zero-order chi connectivity index (χ0) is 20.7. The quantitative estimate of drug-likeness (QED) is 0.624. The molecule has 30 heavy (non-hydrogen) atoms. The van der Waals surface area contributed by atoms with E-state index in [0.29, 0.717) is 35.0 Å². The summed E-state index contributed by atoms with van der Waals surface area (Å²) < 4.78 is 5.79. The van der Waals surface area contributed by atoms with Crippen molar-refractivity contribution in [2.45, 2.75) is 37.5 Å². The molecule has 0 aromatic carbocycles. The van der Waals surface area contributed by atoms with E-state index in [1.807, 2.05) is 24.3 Å². The van der Waals surface area contributed by atoms with Gasteiger partial charge in [-0.05, 0) is 49.2 Å². The van der Waals surface area contributed by atoms with Gasteiger partial charge in [0.2, 0.25) is 5.96 Å². The Morgan fingerprint density at radius 3 is 3.03 bits per heavy atom. The Balaban J connectivity index is 1.44. The van der Waals surface area contributed by atoms with E-state index in [9.17, 15) is 0 Å². The highest BCUT2D eigenvalue weighted by atomic mass is 35.5. The SMILES string of the molecule is NC1=CC(N)=NC2=NC(CC3CCCN3Cc3ccnc(Cl)c3)(c3ccco3)NN12. The zero-order valence-electron chi connectivity index (χ0n) is 16.3. The molecule has 0 bridgehead atoms. The van der Waals surface area contributed by atoms with Crippen molar-refractivity contribution >= 4 is 23.4 Å². The molecule has 2 unspecified atom stereocenters. The molecule has 2 aromatic heterocycles. The van der Waals surface area contributed by atoms with Crippen molar-refractivity contribution in [3.63, 3.8) is 0 Å². The van der Waals surface area contributed by atoms with Gasteiger partial charge in [-0.15, -0.1) is 0 Å². The van der Waals surface area contributed by atoms with Gasteiger partial charge < -0.3 is 15.9 Å². The molecule has 5 rings (SSSR count). The van der Waals surface area contributed by atoms with Crippen LogP contribution in [0.3, 0.4) is 0 Å². The fourth-order valence-electron chi connectivity index (χ4n) is 4.37. The number of nitrogens with zero attached hydrogens (tertiary/aromatic N) is 5. The molecule has 0 amide bonds. The number of aromatic nitrogens is 1. The van der Waals surface area contributed by atoms with Crippen molar-refractivity contribution in [3.05, 3.63) is 65.1 Å². The summed E-state index contributed by atoms with van der Waals surface area (Å²) in [5, 5.41) is 2.18. The van der Waals surface area contributed by atoms with E-state index in [0.717, 1.165) is 31.5 Å². The lowest BCUT2D eigenvalue weighted by Gasteiger charge is -2.33. The monoisotopic (exact) mass is 426 g/mol. The van der Waals surface area contributed by atoms with Crippen LogP contribution >= 0.6 is 11.6 Å². The van der Waals surface area contributed by atoms with Crippen LogP contribution in [0.4, 0.5) is 0 Å². The summed E-state index contributed by atoms with van der Waals surface area (Å²) >= 11 is 6.07. The van der Waals surface area contributed by atoms with Gasteiger partial charge in [-0.3, -0.25) is 4.90 Å².